The van der Waals surface area contributed by atoms with Gasteiger partial charge >= 0.3 is 11.9 Å². The van der Waals surface area contributed by atoms with E-state index in [2.05, 4.69) is 6.92 Å². The molecule has 1 aromatic carbocycles. The molecule has 2 rings (SSSR count). The summed E-state index contributed by atoms with van der Waals surface area (Å²) in [6, 6.07) is 7.30. The van der Waals surface area contributed by atoms with Crippen LogP contribution in [0.3, 0.4) is 0 Å². The summed E-state index contributed by atoms with van der Waals surface area (Å²) in [5.41, 5.74) is 1.16. The number of carbonyl (C=O) groups is 3. The lowest BCUT2D eigenvalue weighted by molar-refractivity contribution is -0.143. The van der Waals surface area contributed by atoms with Gasteiger partial charge in [0.05, 0.1) is 24.3 Å². The number of aromatic nitrogens is 1. The molecule has 0 saturated carbocycles. The quantitative estimate of drug-likeness (QED) is 0.164. The molecule has 1 heterocycles. The minimum absolute atomic E-state index is 0.0835. The van der Waals surface area contributed by atoms with E-state index < -0.39 is 11.9 Å². The summed E-state index contributed by atoms with van der Waals surface area (Å²) in [5.74, 6) is -1.13. The average molecular weight is 458 g/mol. The van der Waals surface area contributed by atoms with Crippen molar-refractivity contribution in [1.29, 1.82) is 0 Å². The van der Waals surface area contributed by atoms with Crippen LogP contribution >= 0.6 is 0 Å². The smallest absolute Gasteiger partial charge is 0.355 e. The number of nitrogens with zero attached hydrogens (tertiary/aromatic N) is 1. The number of rotatable bonds is 16. The summed E-state index contributed by atoms with van der Waals surface area (Å²) < 4.78 is 11.9. The molecule has 182 valence electrons. The Morgan fingerprint density at radius 1 is 0.788 bits per heavy atom. The Labute approximate surface area is 197 Å². The minimum Gasteiger partial charge on any atom is -0.465 e. The van der Waals surface area contributed by atoms with Gasteiger partial charge in [0.2, 0.25) is 0 Å². The van der Waals surface area contributed by atoms with Gasteiger partial charge in [-0.25, -0.2) is 4.79 Å². The van der Waals surface area contributed by atoms with Crippen molar-refractivity contribution in [2.24, 2.45) is 0 Å². The number of hydrogen-bond donors (Lipinski definition) is 0. The molecule has 0 aliphatic heterocycles. The fourth-order valence-corrected chi connectivity index (χ4v) is 4.22. The first kappa shape index (κ1) is 26.6. The second kappa shape index (κ2) is 14.5. The van der Waals surface area contributed by atoms with Crippen LogP contribution in [0.25, 0.3) is 10.9 Å². The van der Waals surface area contributed by atoms with Crippen LogP contribution in [0.2, 0.25) is 0 Å². The van der Waals surface area contributed by atoms with Crippen molar-refractivity contribution in [2.75, 3.05) is 13.2 Å². The van der Waals surface area contributed by atoms with Gasteiger partial charge in [-0.05, 0) is 26.3 Å². The highest BCUT2D eigenvalue weighted by atomic mass is 16.5. The lowest BCUT2D eigenvalue weighted by atomic mass is 10.00. The maximum Gasteiger partial charge on any atom is 0.355 e. The zero-order chi connectivity index (χ0) is 24.1. The third-order valence-electron chi connectivity index (χ3n) is 5.82. The Balaban J connectivity index is 2.16. The average Bonchev–Trinajstić information content (AvgIpc) is 3.12. The largest absolute Gasteiger partial charge is 0.465 e. The second-order valence-corrected chi connectivity index (χ2v) is 8.35. The van der Waals surface area contributed by atoms with E-state index in [1.807, 2.05) is 24.3 Å². The maximum absolute atomic E-state index is 13.3. The highest BCUT2D eigenvalue weighted by Gasteiger charge is 2.28. The van der Waals surface area contributed by atoms with Crippen molar-refractivity contribution < 1.29 is 23.9 Å². The van der Waals surface area contributed by atoms with Crippen LogP contribution < -0.4 is 0 Å². The van der Waals surface area contributed by atoms with Crippen LogP contribution in [-0.4, -0.2) is 35.5 Å². The molecule has 0 unspecified atom stereocenters. The zero-order valence-corrected chi connectivity index (χ0v) is 20.5. The Hall–Kier alpha value is -2.63. The summed E-state index contributed by atoms with van der Waals surface area (Å²) in [5, 5.41) is 0.672. The van der Waals surface area contributed by atoms with Crippen molar-refractivity contribution in [3.63, 3.8) is 0 Å². The van der Waals surface area contributed by atoms with Crippen molar-refractivity contribution in [2.45, 2.75) is 91.5 Å². The Kier molecular flexibility index (Phi) is 11.7. The monoisotopic (exact) mass is 457 g/mol. The molecule has 0 aliphatic rings. The van der Waals surface area contributed by atoms with Crippen LogP contribution in [-0.2, 0) is 20.8 Å². The van der Waals surface area contributed by atoms with Gasteiger partial charge in [0, 0.05) is 11.8 Å². The number of esters is 2. The minimum atomic E-state index is -0.589. The van der Waals surface area contributed by atoms with E-state index >= 15 is 0 Å². The first-order valence-electron chi connectivity index (χ1n) is 12.5. The number of fused-ring (bicyclic) bond motifs is 1. The Bertz CT molecular complexity index is 915. The van der Waals surface area contributed by atoms with Gasteiger partial charge in [-0.1, -0.05) is 76.5 Å². The number of benzene rings is 1. The molecule has 0 atom stereocenters. The molecule has 0 radical (unpaired) electrons. The molecule has 0 amide bonds. The number of hydrogen-bond acceptors (Lipinski definition) is 5. The molecule has 0 aliphatic carbocycles. The topological polar surface area (TPSA) is 74.6 Å². The highest BCUT2D eigenvalue weighted by molar-refractivity contribution is 6.15. The molecule has 0 saturated heterocycles. The number of ketones is 1. The van der Waals surface area contributed by atoms with Gasteiger partial charge in [-0.2, -0.15) is 0 Å². The number of unbranched alkanes of at least 4 members (excludes halogenated alkanes) is 8. The van der Waals surface area contributed by atoms with Gasteiger partial charge in [0.1, 0.15) is 12.2 Å². The van der Waals surface area contributed by atoms with Crippen LogP contribution in [0.1, 0.15) is 106 Å². The van der Waals surface area contributed by atoms with Gasteiger partial charge in [-0.15, -0.1) is 0 Å². The van der Waals surface area contributed by atoms with Gasteiger partial charge < -0.3 is 14.0 Å². The summed E-state index contributed by atoms with van der Waals surface area (Å²) in [7, 11) is 0. The predicted octanol–water partition coefficient (Wildman–Crippen LogP) is 6.48. The van der Waals surface area contributed by atoms with Crippen LogP contribution in [0.15, 0.2) is 24.3 Å². The normalized spacial score (nSPS) is 11.0. The molecule has 0 bridgehead atoms. The van der Waals surface area contributed by atoms with Gasteiger partial charge in [0.25, 0.3) is 0 Å². The number of carbonyl (C=O) groups excluding carboxylic acids is 3. The lowest BCUT2D eigenvalue weighted by Crippen LogP contribution is -2.20. The van der Waals surface area contributed by atoms with Crippen molar-refractivity contribution in [3.8, 4) is 0 Å². The van der Waals surface area contributed by atoms with Crippen molar-refractivity contribution >= 4 is 28.6 Å². The predicted molar refractivity (Wildman–Crippen MR) is 131 cm³/mol. The van der Waals surface area contributed by atoms with Gasteiger partial charge in [0.15, 0.2) is 5.78 Å². The molecule has 2 aromatic rings. The molecular weight excluding hydrogens is 418 g/mol. The number of ether oxygens (including phenoxy) is 2. The number of Topliss-reactive ketones (excluding diaryl/α,β-unsaturated/α-hetero) is 1. The molecule has 33 heavy (non-hydrogen) atoms. The van der Waals surface area contributed by atoms with Gasteiger partial charge in [-0.3, -0.25) is 9.59 Å². The molecule has 1 aromatic heterocycles. The molecule has 6 heteroatoms. The van der Waals surface area contributed by atoms with E-state index in [-0.39, 0.29) is 31.2 Å². The second-order valence-electron chi connectivity index (χ2n) is 8.35. The summed E-state index contributed by atoms with van der Waals surface area (Å²) >= 11 is 0. The lowest BCUT2D eigenvalue weighted by Gasteiger charge is -2.11. The molecule has 0 fully saturated rings. The van der Waals surface area contributed by atoms with Crippen LogP contribution in [0.4, 0.5) is 0 Å². The van der Waals surface area contributed by atoms with Crippen LogP contribution in [0.5, 0.6) is 0 Å². The molecule has 0 N–H and O–H groups in total. The summed E-state index contributed by atoms with van der Waals surface area (Å²) in [4.78, 5) is 38.4. The molecule has 0 spiro atoms. The maximum atomic E-state index is 13.3. The summed E-state index contributed by atoms with van der Waals surface area (Å²) in [6.07, 6.45) is 10.9. The fourth-order valence-electron chi connectivity index (χ4n) is 4.22. The first-order chi connectivity index (χ1) is 16.0. The van der Waals surface area contributed by atoms with E-state index in [4.69, 9.17) is 9.47 Å². The summed E-state index contributed by atoms with van der Waals surface area (Å²) in [6.45, 7) is 5.97. The van der Waals surface area contributed by atoms with Crippen LogP contribution in [0, 0.1) is 0 Å². The highest BCUT2D eigenvalue weighted by Crippen LogP contribution is 2.29. The SMILES string of the molecule is CCCCCCCCCCCC(=O)c1c(C(=O)OCC)n(CC(=O)OCC)c2ccccc12. The first-order valence-corrected chi connectivity index (χ1v) is 12.5. The van der Waals surface area contributed by atoms with E-state index in [9.17, 15) is 14.4 Å². The van der Waals surface area contributed by atoms with E-state index in [0.29, 0.717) is 22.9 Å². The zero-order valence-electron chi connectivity index (χ0n) is 20.5. The third-order valence-corrected chi connectivity index (χ3v) is 5.82. The van der Waals surface area contributed by atoms with E-state index in [1.54, 1.807) is 18.4 Å². The Morgan fingerprint density at radius 2 is 1.39 bits per heavy atom. The van der Waals surface area contributed by atoms with E-state index in [0.717, 1.165) is 19.3 Å². The number of para-hydroxylation sites is 1. The molecular formula is C27H39NO5. The van der Waals surface area contributed by atoms with Crippen molar-refractivity contribution in [3.05, 3.63) is 35.5 Å². The fraction of sp³-hybridized carbons (Fsp3) is 0.593. The molecule has 6 nitrogen and oxygen atoms in total. The Morgan fingerprint density at radius 3 is 2.03 bits per heavy atom. The van der Waals surface area contributed by atoms with E-state index in [1.165, 1.54) is 38.5 Å². The standard InChI is InChI=1S/C27H39NO5/c1-4-7-8-9-10-11-12-13-14-19-23(29)25-21-17-15-16-18-22(21)28(20-24(30)32-5-2)26(25)27(31)33-6-3/h15-18H,4-14,19-20H2,1-3H3. The third kappa shape index (κ3) is 7.72. The van der Waals surface area contributed by atoms with Crippen molar-refractivity contribution in [1.82, 2.24) is 4.57 Å².